The normalized spacial score (nSPS) is 16.0. The van der Waals surface area contributed by atoms with Crippen LogP contribution in [0.2, 0.25) is 0 Å². The molecule has 1 aliphatic heterocycles. The molecule has 0 saturated carbocycles. The molecule has 2 aromatic rings. The van der Waals surface area contributed by atoms with E-state index in [-0.39, 0.29) is 30.0 Å². The minimum absolute atomic E-state index is 0.175. The van der Waals surface area contributed by atoms with Crippen LogP contribution in [0.4, 0.5) is 0 Å². The molecule has 0 spiro atoms. The number of para-hydroxylation sites is 1. The van der Waals surface area contributed by atoms with Gasteiger partial charge in [-0.3, -0.25) is 9.59 Å². The molecule has 3 rings (SSSR count). The summed E-state index contributed by atoms with van der Waals surface area (Å²) in [5.74, 6) is -1.13. The molecule has 164 valence electrons. The van der Waals surface area contributed by atoms with Crippen molar-refractivity contribution in [1.82, 2.24) is 10.6 Å². The maximum absolute atomic E-state index is 13.2. The van der Waals surface area contributed by atoms with E-state index in [1.807, 2.05) is 18.2 Å². The Labute approximate surface area is 180 Å². The average molecular weight is 426 g/mol. The number of nitrogens with one attached hydrogen (secondary N) is 2. The fourth-order valence-electron chi connectivity index (χ4n) is 3.43. The highest BCUT2D eigenvalue weighted by Gasteiger charge is 2.42. The lowest BCUT2D eigenvalue weighted by Gasteiger charge is -2.37. The van der Waals surface area contributed by atoms with Crippen molar-refractivity contribution in [3.63, 3.8) is 0 Å². The van der Waals surface area contributed by atoms with E-state index in [0.29, 0.717) is 31.8 Å². The first kappa shape index (κ1) is 22.3. The first-order valence-electron chi connectivity index (χ1n) is 10.1. The van der Waals surface area contributed by atoms with Crippen LogP contribution >= 0.6 is 0 Å². The summed E-state index contributed by atoms with van der Waals surface area (Å²) in [6, 6.07) is 14.9. The average Bonchev–Trinajstić information content (AvgIpc) is 2.79. The molecule has 8 heteroatoms. The van der Waals surface area contributed by atoms with Crippen LogP contribution in [0.3, 0.4) is 0 Å². The van der Waals surface area contributed by atoms with E-state index in [1.165, 1.54) is 12.1 Å². The Bertz CT molecular complexity index is 907. The second-order valence-corrected chi connectivity index (χ2v) is 7.47. The van der Waals surface area contributed by atoms with Gasteiger partial charge in [0.25, 0.3) is 5.91 Å². The van der Waals surface area contributed by atoms with Gasteiger partial charge in [0.2, 0.25) is 5.91 Å². The molecular weight excluding hydrogens is 400 g/mol. The molecule has 1 unspecified atom stereocenters. The highest BCUT2D eigenvalue weighted by molar-refractivity contribution is 5.92. The van der Waals surface area contributed by atoms with Crippen LogP contribution in [0.5, 0.6) is 5.75 Å². The Morgan fingerprint density at radius 3 is 2.32 bits per heavy atom. The molecule has 1 atom stereocenters. The van der Waals surface area contributed by atoms with Gasteiger partial charge in [-0.05, 0) is 36.8 Å². The minimum atomic E-state index is -1.09. The molecule has 1 fully saturated rings. The molecule has 2 aromatic carbocycles. The number of carboxylic acid groups (broad SMARTS) is 1. The number of carbonyl (C=O) groups excluding carboxylic acids is 2. The number of carboxylic acids is 1. The van der Waals surface area contributed by atoms with Crippen LogP contribution in [0.15, 0.2) is 54.6 Å². The number of hydrogen-bond acceptors (Lipinski definition) is 5. The summed E-state index contributed by atoms with van der Waals surface area (Å²) in [4.78, 5) is 36.7. The number of amides is 2. The van der Waals surface area contributed by atoms with Crippen molar-refractivity contribution in [3.8, 4) is 5.75 Å². The van der Waals surface area contributed by atoms with Gasteiger partial charge in [-0.2, -0.15) is 0 Å². The van der Waals surface area contributed by atoms with E-state index >= 15 is 0 Å². The Hall–Kier alpha value is -3.39. The summed E-state index contributed by atoms with van der Waals surface area (Å²) in [6.45, 7) is 2.32. The predicted octanol–water partition coefficient (Wildman–Crippen LogP) is 2.31. The molecule has 8 nitrogen and oxygen atoms in total. The molecule has 0 bridgehead atoms. The van der Waals surface area contributed by atoms with E-state index in [0.717, 1.165) is 5.56 Å². The van der Waals surface area contributed by atoms with E-state index in [2.05, 4.69) is 10.6 Å². The second-order valence-electron chi connectivity index (χ2n) is 7.47. The summed E-state index contributed by atoms with van der Waals surface area (Å²) in [5, 5.41) is 14.8. The van der Waals surface area contributed by atoms with Gasteiger partial charge in [0, 0.05) is 26.1 Å². The number of hydrogen-bond donors (Lipinski definition) is 3. The van der Waals surface area contributed by atoms with Crippen molar-refractivity contribution >= 4 is 17.8 Å². The smallest absolute Gasteiger partial charge is 0.335 e. The van der Waals surface area contributed by atoms with E-state index in [4.69, 9.17) is 14.6 Å². The van der Waals surface area contributed by atoms with Crippen LogP contribution in [-0.2, 0) is 14.3 Å². The van der Waals surface area contributed by atoms with Crippen molar-refractivity contribution in [2.24, 2.45) is 0 Å². The monoisotopic (exact) mass is 426 g/mol. The molecule has 0 aliphatic carbocycles. The van der Waals surface area contributed by atoms with E-state index in [1.54, 1.807) is 31.2 Å². The number of rotatable bonds is 8. The maximum Gasteiger partial charge on any atom is 0.335 e. The quantitative estimate of drug-likeness (QED) is 0.597. The van der Waals surface area contributed by atoms with Gasteiger partial charge in [-0.1, -0.05) is 30.3 Å². The number of aromatic carboxylic acids is 1. The summed E-state index contributed by atoms with van der Waals surface area (Å²) in [5.41, 5.74) is -0.155. The Morgan fingerprint density at radius 1 is 1.06 bits per heavy atom. The topological polar surface area (TPSA) is 114 Å². The molecule has 1 heterocycles. The maximum atomic E-state index is 13.2. The lowest BCUT2D eigenvalue weighted by Crippen LogP contribution is -2.62. The van der Waals surface area contributed by atoms with Gasteiger partial charge in [0.05, 0.1) is 11.6 Å². The first-order valence-corrected chi connectivity index (χ1v) is 10.1. The summed E-state index contributed by atoms with van der Waals surface area (Å²) >= 11 is 0. The molecule has 0 radical (unpaired) electrons. The molecule has 1 aliphatic rings. The van der Waals surface area contributed by atoms with Crippen LogP contribution in [0, 0.1) is 0 Å². The van der Waals surface area contributed by atoms with Crippen LogP contribution in [0.1, 0.15) is 41.7 Å². The second kappa shape index (κ2) is 10.1. The van der Waals surface area contributed by atoms with E-state index in [9.17, 15) is 14.4 Å². The molecule has 1 saturated heterocycles. The highest BCUT2D eigenvalue weighted by atomic mass is 16.5. The van der Waals surface area contributed by atoms with E-state index < -0.39 is 11.5 Å². The summed E-state index contributed by atoms with van der Waals surface area (Å²) in [7, 11) is 0. The standard InChI is InChI=1S/C23H26N2O6/c1-16(17-7-9-18(10-8-17)21(27)28)24-22(29)23(11-13-30-14-12-23)25-20(26)15-31-19-5-3-2-4-6-19/h2-10,16H,11-15H2,1H3,(H,24,29)(H,25,26)(H,27,28). The van der Waals surface area contributed by atoms with Gasteiger partial charge in [-0.15, -0.1) is 0 Å². The van der Waals surface area contributed by atoms with Crippen LogP contribution in [-0.4, -0.2) is 48.2 Å². The van der Waals surface area contributed by atoms with Crippen LogP contribution in [0.25, 0.3) is 0 Å². The van der Waals surface area contributed by atoms with Crippen molar-refractivity contribution in [2.75, 3.05) is 19.8 Å². The van der Waals surface area contributed by atoms with Gasteiger partial charge >= 0.3 is 5.97 Å². The van der Waals surface area contributed by atoms with Crippen LogP contribution < -0.4 is 15.4 Å². The van der Waals surface area contributed by atoms with Gasteiger partial charge in [0.1, 0.15) is 11.3 Å². The molecular formula is C23H26N2O6. The van der Waals surface area contributed by atoms with Crippen molar-refractivity contribution in [2.45, 2.75) is 31.3 Å². The van der Waals surface area contributed by atoms with Crippen molar-refractivity contribution in [1.29, 1.82) is 0 Å². The SMILES string of the molecule is CC(NC(=O)C1(NC(=O)COc2ccccc2)CCOCC1)c1ccc(C(=O)O)cc1. The Balaban J connectivity index is 1.64. The fraction of sp³-hybridized carbons (Fsp3) is 0.348. The predicted molar refractivity (Wildman–Crippen MR) is 113 cm³/mol. The van der Waals surface area contributed by atoms with Gasteiger partial charge < -0.3 is 25.2 Å². The third-order valence-corrected chi connectivity index (χ3v) is 5.28. The molecule has 31 heavy (non-hydrogen) atoms. The zero-order chi connectivity index (χ0) is 22.3. The third-order valence-electron chi connectivity index (χ3n) is 5.28. The minimum Gasteiger partial charge on any atom is -0.484 e. The first-order chi connectivity index (χ1) is 14.9. The lowest BCUT2D eigenvalue weighted by molar-refractivity contribution is -0.138. The zero-order valence-electron chi connectivity index (χ0n) is 17.3. The molecule has 0 aromatic heterocycles. The van der Waals surface area contributed by atoms with Crippen molar-refractivity contribution < 1.29 is 29.0 Å². The number of carbonyl (C=O) groups is 3. The number of ether oxygens (including phenoxy) is 2. The Kier molecular flexibility index (Phi) is 7.25. The van der Waals surface area contributed by atoms with Gasteiger partial charge in [0.15, 0.2) is 6.61 Å². The summed E-state index contributed by atoms with van der Waals surface area (Å²) in [6.07, 6.45) is 0.696. The third kappa shape index (κ3) is 5.82. The summed E-state index contributed by atoms with van der Waals surface area (Å²) < 4.78 is 10.9. The zero-order valence-corrected chi connectivity index (χ0v) is 17.3. The number of benzene rings is 2. The Morgan fingerprint density at radius 2 is 1.71 bits per heavy atom. The fourth-order valence-corrected chi connectivity index (χ4v) is 3.43. The van der Waals surface area contributed by atoms with Crippen molar-refractivity contribution in [3.05, 3.63) is 65.7 Å². The molecule has 3 N–H and O–H groups in total. The largest absolute Gasteiger partial charge is 0.484 e. The molecule has 2 amide bonds. The highest BCUT2D eigenvalue weighted by Crippen LogP contribution is 2.23. The lowest BCUT2D eigenvalue weighted by atomic mass is 9.88. The van der Waals surface area contributed by atoms with Gasteiger partial charge in [-0.25, -0.2) is 4.79 Å².